The predicted molar refractivity (Wildman–Crippen MR) is 133 cm³/mol. The molecule has 0 bridgehead atoms. The number of aromatic amines is 1. The highest BCUT2D eigenvalue weighted by molar-refractivity contribution is 6.07. The number of aromatic nitrogens is 1. The minimum Gasteiger partial charge on any atom is -0.358 e. The van der Waals surface area contributed by atoms with Crippen LogP contribution in [0.2, 0.25) is 0 Å². The summed E-state index contributed by atoms with van der Waals surface area (Å²) in [6.45, 7) is 3.42. The first-order valence-electron chi connectivity index (χ1n) is 12.2. The van der Waals surface area contributed by atoms with Crippen LogP contribution in [0, 0.1) is 0 Å². The summed E-state index contributed by atoms with van der Waals surface area (Å²) in [5.41, 5.74) is 4.96. The molecule has 0 radical (unpaired) electrons. The number of hydrogen-bond donors (Lipinski definition) is 3. The molecule has 3 N–H and O–H groups in total. The van der Waals surface area contributed by atoms with Gasteiger partial charge in [0, 0.05) is 17.1 Å². The number of likely N-dealkylation sites (tertiary alicyclic amines) is 1. The van der Waals surface area contributed by atoms with E-state index in [0.717, 1.165) is 42.0 Å². The molecule has 182 valence electrons. The van der Waals surface area contributed by atoms with Crippen molar-refractivity contribution in [3.05, 3.63) is 71.9 Å². The lowest BCUT2D eigenvalue weighted by Crippen LogP contribution is -2.51. The first-order chi connectivity index (χ1) is 16.9. The molecule has 2 saturated heterocycles. The zero-order valence-electron chi connectivity index (χ0n) is 19.9. The van der Waals surface area contributed by atoms with Gasteiger partial charge in [0.05, 0.1) is 6.54 Å². The quantitative estimate of drug-likeness (QED) is 0.459. The molecule has 0 saturated carbocycles. The molecule has 2 aromatic carbocycles. The van der Waals surface area contributed by atoms with Crippen molar-refractivity contribution in [2.24, 2.45) is 0 Å². The van der Waals surface area contributed by atoms with E-state index in [-0.39, 0.29) is 12.5 Å². The van der Waals surface area contributed by atoms with Crippen LogP contribution < -0.4 is 10.7 Å². The number of fused-ring (bicyclic) bond motifs is 1. The molecule has 8 nitrogen and oxygen atoms in total. The Morgan fingerprint density at radius 2 is 1.77 bits per heavy atom. The van der Waals surface area contributed by atoms with E-state index >= 15 is 0 Å². The lowest BCUT2D eigenvalue weighted by atomic mass is 9.93. The van der Waals surface area contributed by atoms with Crippen LogP contribution in [0.25, 0.3) is 10.9 Å². The smallest absolute Gasteiger partial charge is 0.344 e. The van der Waals surface area contributed by atoms with Crippen LogP contribution in [0.4, 0.5) is 4.79 Å². The Morgan fingerprint density at radius 3 is 2.51 bits per heavy atom. The molecule has 2 aliphatic rings. The zero-order chi connectivity index (χ0) is 24.4. The van der Waals surface area contributed by atoms with Gasteiger partial charge in [0.2, 0.25) is 0 Å². The fraction of sp³-hybridized carbons (Fsp3) is 0.370. The number of urea groups is 1. The van der Waals surface area contributed by atoms with Crippen LogP contribution in [-0.4, -0.2) is 57.9 Å². The fourth-order valence-electron chi connectivity index (χ4n) is 5.08. The summed E-state index contributed by atoms with van der Waals surface area (Å²) in [5.74, 6) is -0.354. The number of carbonyl (C=O) groups is 3. The molecule has 0 spiro atoms. The highest BCUT2D eigenvalue weighted by Gasteiger charge is 2.48. The molecular formula is C27H31N5O3. The van der Waals surface area contributed by atoms with Gasteiger partial charge in [-0.05, 0) is 68.8 Å². The number of rotatable bonds is 7. The Kier molecular flexibility index (Phi) is 6.30. The van der Waals surface area contributed by atoms with E-state index in [1.165, 1.54) is 11.1 Å². The van der Waals surface area contributed by atoms with Crippen LogP contribution in [0.15, 0.2) is 60.7 Å². The first kappa shape index (κ1) is 23.1. The number of piperidine rings is 1. The molecular weight excluding hydrogens is 442 g/mol. The van der Waals surface area contributed by atoms with E-state index in [4.69, 9.17) is 0 Å². The number of amides is 4. The van der Waals surface area contributed by atoms with Gasteiger partial charge in [-0.2, -0.15) is 5.01 Å². The topological polar surface area (TPSA) is 97.5 Å². The Bertz CT molecular complexity index is 1200. The molecule has 2 aliphatic heterocycles. The summed E-state index contributed by atoms with van der Waals surface area (Å²) < 4.78 is 0. The third-order valence-electron chi connectivity index (χ3n) is 7.20. The Labute approximate surface area is 204 Å². The standard InChI is InChI=1S/C27H31N5O3/c1-27(14-11-19-7-3-2-4-8-19)25(34)32(26(35)29-27)30-24(33)18-31-15-12-20(13-16-31)23-17-21-9-5-6-10-22(21)28-23/h2-10,17,20,28H,11-16,18H2,1H3,(H,29,35)(H,30,33). The van der Waals surface area contributed by atoms with Gasteiger partial charge in [-0.25, -0.2) is 4.79 Å². The highest BCUT2D eigenvalue weighted by atomic mass is 16.2. The van der Waals surface area contributed by atoms with Gasteiger partial charge < -0.3 is 10.3 Å². The molecule has 1 aromatic heterocycles. The van der Waals surface area contributed by atoms with Crippen LogP contribution in [-0.2, 0) is 16.0 Å². The summed E-state index contributed by atoms with van der Waals surface area (Å²) >= 11 is 0. The van der Waals surface area contributed by atoms with E-state index in [1.807, 2.05) is 42.5 Å². The minimum absolute atomic E-state index is 0.150. The second-order valence-corrected chi connectivity index (χ2v) is 9.79. The average Bonchev–Trinajstić information content (AvgIpc) is 3.39. The highest BCUT2D eigenvalue weighted by Crippen LogP contribution is 2.30. The molecule has 1 unspecified atom stereocenters. The summed E-state index contributed by atoms with van der Waals surface area (Å²) in [4.78, 5) is 43.7. The van der Waals surface area contributed by atoms with Crippen LogP contribution in [0.5, 0.6) is 0 Å². The maximum atomic E-state index is 13.0. The number of nitrogens with zero attached hydrogens (tertiary/aromatic N) is 2. The Hall–Kier alpha value is -3.65. The Balaban J connectivity index is 1.12. The van der Waals surface area contributed by atoms with Crippen molar-refractivity contribution in [3.63, 3.8) is 0 Å². The van der Waals surface area contributed by atoms with Crippen molar-refractivity contribution in [1.82, 2.24) is 25.6 Å². The minimum atomic E-state index is -1.04. The number of aryl methyl sites for hydroxylation is 1. The molecule has 4 amide bonds. The maximum absolute atomic E-state index is 13.0. The number of imide groups is 1. The SMILES string of the molecule is CC1(CCc2ccccc2)NC(=O)N(NC(=O)CN2CCC(c3cc4ccccc4[nH]3)CC2)C1=O. The van der Waals surface area contributed by atoms with Crippen molar-refractivity contribution >= 4 is 28.7 Å². The monoisotopic (exact) mass is 473 g/mol. The van der Waals surface area contributed by atoms with E-state index in [9.17, 15) is 14.4 Å². The van der Waals surface area contributed by atoms with Crippen molar-refractivity contribution < 1.29 is 14.4 Å². The largest absolute Gasteiger partial charge is 0.358 e. The lowest BCUT2D eigenvalue weighted by molar-refractivity contribution is -0.139. The number of carbonyl (C=O) groups excluding carboxylic acids is 3. The predicted octanol–water partition coefficient (Wildman–Crippen LogP) is 3.32. The third kappa shape index (κ3) is 4.93. The van der Waals surface area contributed by atoms with Gasteiger partial charge >= 0.3 is 6.03 Å². The molecule has 2 fully saturated rings. The van der Waals surface area contributed by atoms with E-state index in [1.54, 1.807) is 6.92 Å². The Morgan fingerprint density at radius 1 is 1.06 bits per heavy atom. The van der Waals surface area contributed by atoms with Gasteiger partial charge in [0.15, 0.2) is 0 Å². The summed E-state index contributed by atoms with van der Waals surface area (Å²) in [6, 6.07) is 19.7. The van der Waals surface area contributed by atoms with Crippen LogP contribution in [0.1, 0.15) is 43.4 Å². The van der Waals surface area contributed by atoms with Gasteiger partial charge in [-0.3, -0.25) is 19.9 Å². The maximum Gasteiger partial charge on any atom is 0.344 e. The molecule has 0 aliphatic carbocycles. The van der Waals surface area contributed by atoms with E-state index < -0.39 is 17.5 Å². The third-order valence-corrected chi connectivity index (χ3v) is 7.20. The molecule has 3 aromatic rings. The average molecular weight is 474 g/mol. The molecule has 3 heterocycles. The van der Waals surface area contributed by atoms with Gasteiger partial charge in [0.1, 0.15) is 5.54 Å². The first-order valence-corrected chi connectivity index (χ1v) is 12.2. The molecule has 8 heteroatoms. The van der Waals surface area contributed by atoms with Gasteiger partial charge in [0.25, 0.3) is 11.8 Å². The number of hydrogen-bond acceptors (Lipinski definition) is 4. The summed E-state index contributed by atoms with van der Waals surface area (Å²) in [6.07, 6.45) is 2.99. The number of nitrogens with one attached hydrogen (secondary N) is 3. The molecule has 5 rings (SSSR count). The second-order valence-electron chi connectivity index (χ2n) is 9.79. The van der Waals surface area contributed by atoms with Gasteiger partial charge in [-0.1, -0.05) is 48.5 Å². The second kappa shape index (κ2) is 9.54. The van der Waals surface area contributed by atoms with Crippen LogP contribution in [0.3, 0.4) is 0 Å². The number of benzene rings is 2. The summed E-state index contributed by atoms with van der Waals surface area (Å²) in [7, 11) is 0. The number of para-hydroxylation sites is 1. The normalized spacial score (nSPS) is 21.5. The fourth-order valence-corrected chi connectivity index (χ4v) is 5.08. The zero-order valence-corrected chi connectivity index (χ0v) is 19.9. The molecule has 35 heavy (non-hydrogen) atoms. The van der Waals surface area contributed by atoms with Gasteiger partial charge in [-0.15, -0.1) is 0 Å². The van der Waals surface area contributed by atoms with Crippen molar-refractivity contribution in [2.45, 2.75) is 44.1 Å². The summed E-state index contributed by atoms with van der Waals surface area (Å²) in [5, 5.41) is 4.80. The lowest BCUT2D eigenvalue weighted by Gasteiger charge is -2.31. The van der Waals surface area contributed by atoms with Crippen molar-refractivity contribution in [3.8, 4) is 0 Å². The van der Waals surface area contributed by atoms with Crippen LogP contribution >= 0.6 is 0 Å². The number of hydrazine groups is 1. The number of H-pyrrole nitrogens is 1. The van der Waals surface area contributed by atoms with Crippen molar-refractivity contribution in [2.75, 3.05) is 19.6 Å². The van der Waals surface area contributed by atoms with Crippen molar-refractivity contribution in [1.29, 1.82) is 0 Å². The molecule has 1 atom stereocenters. The van der Waals surface area contributed by atoms with E-state index in [0.29, 0.717) is 18.8 Å². The van der Waals surface area contributed by atoms with E-state index in [2.05, 4.69) is 38.8 Å².